The molecule has 0 aliphatic carbocycles. The van der Waals surface area contributed by atoms with Crippen molar-refractivity contribution >= 4 is 28.4 Å². The molecule has 0 aliphatic heterocycles. The van der Waals surface area contributed by atoms with Crippen LogP contribution in [0.15, 0.2) is 58.2 Å². The standard InChI is InChI=1S/C18H8ClN5O/c19-13-4-5-15-17(7-13)25-18(24-15)11-2-1-3-14(6-11)23-16(10-22)12(8-20)9-21/h1-7,23H. The van der Waals surface area contributed by atoms with Crippen LogP contribution in [0.25, 0.3) is 22.6 Å². The number of nitriles is 3. The van der Waals surface area contributed by atoms with Crippen molar-refractivity contribution in [3.05, 3.63) is 58.8 Å². The quantitative estimate of drug-likeness (QED) is 0.705. The first kappa shape index (κ1) is 16.1. The van der Waals surface area contributed by atoms with Gasteiger partial charge in [-0.25, -0.2) is 4.98 Å². The molecule has 0 radical (unpaired) electrons. The zero-order valence-corrected chi connectivity index (χ0v) is 13.4. The topological polar surface area (TPSA) is 109 Å². The summed E-state index contributed by atoms with van der Waals surface area (Å²) >= 11 is 5.94. The molecule has 25 heavy (non-hydrogen) atoms. The van der Waals surface area contributed by atoms with Crippen LogP contribution < -0.4 is 5.32 Å². The molecule has 6 nitrogen and oxygen atoms in total. The Bertz CT molecular complexity index is 1110. The van der Waals surface area contributed by atoms with Crippen LogP contribution in [0.2, 0.25) is 5.02 Å². The van der Waals surface area contributed by atoms with Crippen LogP contribution in [0, 0.1) is 34.0 Å². The first-order valence-electron chi connectivity index (χ1n) is 7.02. The fraction of sp³-hybridized carbons (Fsp3) is 0. The molecule has 1 aromatic heterocycles. The highest BCUT2D eigenvalue weighted by Gasteiger charge is 2.11. The van der Waals surface area contributed by atoms with Crippen molar-refractivity contribution in [3.63, 3.8) is 0 Å². The number of hydrogen-bond donors (Lipinski definition) is 1. The van der Waals surface area contributed by atoms with Gasteiger partial charge >= 0.3 is 0 Å². The van der Waals surface area contributed by atoms with Gasteiger partial charge in [0.15, 0.2) is 11.2 Å². The summed E-state index contributed by atoms with van der Waals surface area (Å²) in [5, 5.41) is 30.2. The van der Waals surface area contributed by atoms with Gasteiger partial charge in [0.2, 0.25) is 5.89 Å². The summed E-state index contributed by atoms with van der Waals surface area (Å²) in [6, 6.07) is 17.3. The predicted molar refractivity (Wildman–Crippen MR) is 91.9 cm³/mol. The van der Waals surface area contributed by atoms with E-state index in [9.17, 15) is 0 Å². The monoisotopic (exact) mass is 345 g/mol. The van der Waals surface area contributed by atoms with Gasteiger partial charge in [0.25, 0.3) is 0 Å². The zero-order chi connectivity index (χ0) is 17.8. The first-order chi connectivity index (χ1) is 12.1. The zero-order valence-electron chi connectivity index (χ0n) is 12.6. The molecule has 1 heterocycles. The molecule has 7 heteroatoms. The van der Waals surface area contributed by atoms with Crippen molar-refractivity contribution in [2.45, 2.75) is 0 Å². The van der Waals surface area contributed by atoms with E-state index in [1.807, 2.05) is 6.07 Å². The third-order valence-electron chi connectivity index (χ3n) is 3.31. The second kappa shape index (κ2) is 6.76. The highest BCUT2D eigenvalue weighted by Crippen LogP contribution is 2.28. The summed E-state index contributed by atoms with van der Waals surface area (Å²) in [7, 11) is 0. The van der Waals surface area contributed by atoms with Gasteiger partial charge in [0.1, 0.15) is 29.4 Å². The summed E-state index contributed by atoms with van der Waals surface area (Å²) in [5.41, 5.74) is 2.03. The molecule has 0 spiro atoms. The number of oxazole rings is 1. The van der Waals surface area contributed by atoms with Gasteiger partial charge in [-0.05, 0) is 30.3 Å². The summed E-state index contributed by atoms with van der Waals surface area (Å²) in [4.78, 5) is 4.40. The fourth-order valence-electron chi connectivity index (χ4n) is 2.18. The minimum absolute atomic E-state index is 0.119. The van der Waals surface area contributed by atoms with Crippen LogP contribution in [0.4, 0.5) is 5.69 Å². The Kier molecular flexibility index (Phi) is 4.35. The predicted octanol–water partition coefficient (Wildman–Crippen LogP) is 4.38. The van der Waals surface area contributed by atoms with Gasteiger partial charge in [-0.15, -0.1) is 0 Å². The van der Waals surface area contributed by atoms with Gasteiger partial charge < -0.3 is 9.73 Å². The number of anilines is 1. The molecule has 3 rings (SSSR count). The van der Waals surface area contributed by atoms with Crippen molar-refractivity contribution in [2.24, 2.45) is 0 Å². The third kappa shape index (κ3) is 3.28. The van der Waals surface area contributed by atoms with E-state index in [4.69, 9.17) is 31.8 Å². The smallest absolute Gasteiger partial charge is 0.227 e. The average Bonchev–Trinajstić information content (AvgIpc) is 3.05. The second-order valence-electron chi connectivity index (χ2n) is 4.92. The molecule has 0 aliphatic rings. The van der Waals surface area contributed by atoms with Crippen molar-refractivity contribution in [1.29, 1.82) is 15.8 Å². The molecule has 0 saturated carbocycles. The van der Waals surface area contributed by atoms with E-state index in [2.05, 4.69) is 10.3 Å². The Labute approximate surface area is 147 Å². The number of hydrogen-bond acceptors (Lipinski definition) is 6. The van der Waals surface area contributed by atoms with E-state index >= 15 is 0 Å². The lowest BCUT2D eigenvalue weighted by Crippen LogP contribution is -2.00. The Morgan fingerprint density at radius 1 is 1.04 bits per heavy atom. The van der Waals surface area contributed by atoms with E-state index in [0.717, 1.165) is 0 Å². The van der Waals surface area contributed by atoms with Crippen LogP contribution in [0.5, 0.6) is 0 Å². The maximum Gasteiger partial charge on any atom is 0.227 e. The first-order valence-corrected chi connectivity index (χ1v) is 7.40. The lowest BCUT2D eigenvalue weighted by Gasteiger charge is -2.05. The summed E-state index contributed by atoms with van der Waals surface area (Å²) < 4.78 is 5.71. The fourth-order valence-corrected chi connectivity index (χ4v) is 2.34. The second-order valence-corrected chi connectivity index (χ2v) is 5.36. The van der Waals surface area contributed by atoms with Gasteiger partial charge in [0, 0.05) is 22.3 Å². The minimum atomic E-state index is -0.288. The number of fused-ring (bicyclic) bond motifs is 1. The van der Waals surface area contributed by atoms with Crippen molar-refractivity contribution < 1.29 is 4.42 Å². The molecule has 3 aromatic rings. The SMILES string of the molecule is N#CC(C#N)=C(C#N)Nc1cccc(-c2nc3ccc(Cl)cc3o2)c1. The molecule has 1 N–H and O–H groups in total. The highest BCUT2D eigenvalue weighted by molar-refractivity contribution is 6.31. The molecular weight excluding hydrogens is 338 g/mol. The van der Waals surface area contributed by atoms with E-state index in [1.165, 1.54) is 0 Å². The van der Waals surface area contributed by atoms with Gasteiger partial charge in [0.05, 0.1) is 0 Å². The van der Waals surface area contributed by atoms with Crippen LogP contribution in [-0.4, -0.2) is 4.98 Å². The van der Waals surface area contributed by atoms with E-state index < -0.39 is 0 Å². The molecule has 118 valence electrons. The maximum atomic E-state index is 9.11. The minimum Gasteiger partial charge on any atom is -0.436 e. The molecule has 0 amide bonds. The number of aromatic nitrogens is 1. The largest absolute Gasteiger partial charge is 0.436 e. The number of rotatable bonds is 3. The molecule has 0 bridgehead atoms. The molecule has 0 fully saturated rings. The van der Waals surface area contributed by atoms with E-state index in [-0.39, 0.29) is 11.3 Å². The maximum absolute atomic E-state index is 9.11. The summed E-state index contributed by atoms with van der Waals surface area (Å²) in [5.74, 6) is 0.393. The number of allylic oxidation sites excluding steroid dienone is 2. The van der Waals surface area contributed by atoms with Crippen LogP contribution in [0.3, 0.4) is 0 Å². The average molecular weight is 346 g/mol. The van der Waals surface area contributed by atoms with E-state index in [1.54, 1.807) is 54.6 Å². The number of halogens is 1. The third-order valence-corrected chi connectivity index (χ3v) is 3.55. The summed E-state index contributed by atoms with van der Waals surface area (Å²) in [6.07, 6.45) is 0. The number of nitrogens with zero attached hydrogens (tertiary/aromatic N) is 4. The Balaban J connectivity index is 1.99. The Morgan fingerprint density at radius 3 is 2.56 bits per heavy atom. The van der Waals surface area contributed by atoms with Gasteiger partial charge in [-0.2, -0.15) is 15.8 Å². The molecule has 0 saturated heterocycles. The lowest BCUT2D eigenvalue weighted by molar-refractivity contribution is 0.620. The van der Waals surface area contributed by atoms with Crippen molar-refractivity contribution in [3.8, 4) is 29.7 Å². The lowest BCUT2D eigenvalue weighted by atomic mass is 10.2. The number of benzene rings is 2. The number of nitrogens with one attached hydrogen (secondary N) is 1. The van der Waals surface area contributed by atoms with Gasteiger partial charge in [-0.3, -0.25) is 0 Å². The molecule has 2 aromatic carbocycles. The summed E-state index contributed by atoms with van der Waals surface area (Å²) in [6.45, 7) is 0. The Morgan fingerprint density at radius 2 is 1.84 bits per heavy atom. The normalized spacial score (nSPS) is 9.68. The van der Waals surface area contributed by atoms with E-state index in [0.29, 0.717) is 33.3 Å². The highest BCUT2D eigenvalue weighted by atomic mass is 35.5. The van der Waals surface area contributed by atoms with Gasteiger partial charge in [-0.1, -0.05) is 17.7 Å². The van der Waals surface area contributed by atoms with Crippen LogP contribution >= 0.6 is 11.6 Å². The Hall–Kier alpha value is -3.79. The van der Waals surface area contributed by atoms with Crippen molar-refractivity contribution in [1.82, 2.24) is 4.98 Å². The van der Waals surface area contributed by atoms with Crippen molar-refractivity contribution in [2.75, 3.05) is 5.32 Å². The van der Waals surface area contributed by atoms with Crippen LogP contribution in [0.1, 0.15) is 0 Å². The van der Waals surface area contributed by atoms with Crippen LogP contribution in [-0.2, 0) is 0 Å². The molecule has 0 unspecified atom stereocenters. The molecular formula is C18H8ClN5O. The molecule has 0 atom stereocenters.